The van der Waals surface area contributed by atoms with Gasteiger partial charge >= 0.3 is 0 Å². The van der Waals surface area contributed by atoms with Gasteiger partial charge in [-0.05, 0) is 12.1 Å². The predicted octanol–water partition coefficient (Wildman–Crippen LogP) is 1.41. The number of quaternary nitrogens is 1. The van der Waals surface area contributed by atoms with Crippen molar-refractivity contribution in [2.45, 2.75) is 11.4 Å². The van der Waals surface area contributed by atoms with Gasteiger partial charge in [0.2, 0.25) is 5.91 Å². The molecule has 2 amide bonds. The number of thioether (sulfide) groups is 1. The highest BCUT2D eigenvalue weighted by atomic mass is 32.2. The van der Waals surface area contributed by atoms with E-state index in [0.717, 1.165) is 37.6 Å². The highest BCUT2D eigenvalue weighted by molar-refractivity contribution is 8.00. The van der Waals surface area contributed by atoms with E-state index in [2.05, 4.69) is 24.3 Å². The van der Waals surface area contributed by atoms with E-state index in [1.807, 2.05) is 35.2 Å². The third-order valence-corrected chi connectivity index (χ3v) is 6.08. The van der Waals surface area contributed by atoms with Gasteiger partial charge in [0, 0.05) is 24.6 Å². The van der Waals surface area contributed by atoms with E-state index < -0.39 is 0 Å². The number of benzene rings is 2. The molecule has 5 nitrogen and oxygen atoms in total. The van der Waals surface area contributed by atoms with Gasteiger partial charge in [-0.15, -0.1) is 11.8 Å². The lowest BCUT2D eigenvalue weighted by Gasteiger charge is -2.32. The SMILES string of the molecule is CN(C)C(=O)CSc1ccccc1C(=O)N1CC[NH+](Cc2ccccc2)CC1. The molecule has 2 aromatic carbocycles. The lowest BCUT2D eigenvalue weighted by molar-refractivity contribution is -0.917. The maximum absolute atomic E-state index is 13.1. The molecule has 148 valence electrons. The lowest BCUT2D eigenvalue weighted by Crippen LogP contribution is -3.13. The second kappa shape index (κ2) is 9.75. The van der Waals surface area contributed by atoms with Crippen LogP contribution in [0.1, 0.15) is 15.9 Å². The molecule has 1 N–H and O–H groups in total. The van der Waals surface area contributed by atoms with Gasteiger partial charge in [-0.1, -0.05) is 42.5 Å². The van der Waals surface area contributed by atoms with Crippen LogP contribution in [-0.2, 0) is 11.3 Å². The summed E-state index contributed by atoms with van der Waals surface area (Å²) in [6.45, 7) is 4.43. The van der Waals surface area contributed by atoms with E-state index in [9.17, 15) is 9.59 Å². The van der Waals surface area contributed by atoms with Crippen LogP contribution in [0.5, 0.6) is 0 Å². The molecule has 1 aliphatic heterocycles. The normalized spacial score (nSPS) is 14.7. The molecule has 3 rings (SSSR count). The Balaban J connectivity index is 1.58. The van der Waals surface area contributed by atoms with Crippen LogP contribution < -0.4 is 4.90 Å². The zero-order valence-electron chi connectivity index (χ0n) is 16.6. The third-order valence-electron chi connectivity index (χ3n) is 5.02. The van der Waals surface area contributed by atoms with Gasteiger partial charge < -0.3 is 14.7 Å². The van der Waals surface area contributed by atoms with Crippen LogP contribution >= 0.6 is 11.8 Å². The average molecular weight is 399 g/mol. The number of carbonyl (C=O) groups is 2. The first-order valence-corrected chi connectivity index (χ1v) is 10.6. The number of nitrogens with one attached hydrogen (secondary N) is 1. The third kappa shape index (κ3) is 5.36. The van der Waals surface area contributed by atoms with Crippen LogP contribution in [0.4, 0.5) is 0 Å². The summed E-state index contributed by atoms with van der Waals surface area (Å²) in [5.74, 6) is 0.455. The van der Waals surface area contributed by atoms with Gasteiger partial charge in [0.05, 0.1) is 37.5 Å². The number of piperazine rings is 1. The quantitative estimate of drug-likeness (QED) is 0.749. The van der Waals surface area contributed by atoms with Crippen molar-refractivity contribution < 1.29 is 14.5 Å². The first-order chi connectivity index (χ1) is 13.5. The molecule has 0 atom stereocenters. The van der Waals surface area contributed by atoms with E-state index in [0.29, 0.717) is 11.3 Å². The molecule has 0 bridgehead atoms. The molecule has 0 aromatic heterocycles. The van der Waals surface area contributed by atoms with Gasteiger partial charge in [0.15, 0.2) is 0 Å². The predicted molar refractivity (Wildman–Crippen MR) is 113 cm³/mol. The van der Waals surface area contributed by atoms with Gasteiger partial charge in [-0.25, -0.2) is 0 Å². The monoisotopic (exact) mass is 398 g/mol. The lowest BCUT2D eigenvalue weighted by atomic mass is 10.1. The maximum atomic E-state index is 13.1. The van der Waals surface area contributed by atoms with Gasteiger partial charge in [0.1, 0.15) is 6.54 Å². The van der Waals surface area contributed by atoms with Crippen LogP contribution in [0.3, 0.4) is 0 Å². The first kappa shape index (κ1) is 20.4. The summed E-state index contributed by atoms with van der Waals surface area (Å²) < 4.78 is 0. The zero-order chi connectivity index (χ0) is 19.9. The number of carbonyl (C=O) groups excluding carboxylic acids is 2. The Hall–Kier alpha value is -2.31. The van der Waals surface area contributed by atoms with Crippen LogP contribution in [-0.4, -0.2) is 67.6 Å². The fraction of sp³-hybridized carbons (Fsp3) is 0.364. The van der Waals surface area contributed by atoms with E-state index in [1.54, 1.807) is 19.0 Å². The van der Waals surface area contributed by atoms with Crippen molar-refractivity contribution in [1.29, 1.82) is 0 Å². The fourth-order valence-electron chi connectivity index (χ4n) is 3.30. The van der Waals surface area contributed by atoms with Gasteiger partial charge in [0.25, 0.3) is 5.91 Å². The molecule has 0 saturated carbocycles. The van der Waals surface area contributed by atoms with Crippen LogP contribution in [0.25, 0.3) is 0 Å². The fourth-order valence-corrected chi connectivity index (χ4v) is 4.32. The first-order valence-electron chi connectivity index (χ1n) is 9.63. The van der Waals surface area contributed by atoms with Crippen molar-refractivity contribution in [3.8, 4) is 0 Å². The summed E-state index contributed by atoms with van der Waals surface area (Å²) in [5, 5.41) is 0. The van der Waals surface area contributed by atoms with E-state index in [4.69, 9.17) is 0 Å². The Kier molecular flexibility index (Phi) is 7.12. The number of nitrogens with zero attached hydrogens (tertiary/aromatic N) is 2. The van der Waals surface area contributed by atoms with Crippen LogP contribution in [0.15, 0.2) is 59.5 Å². The number of hydrogen-bond acceptors (Lipinski definition) is 3. The Morgan fingerprint density at radius 2 is 1.64 bits per heavy atom. The molecule has 0 radical (unpaired) electrons. The van der Waals surface area contributed by atoms with Crippen molar-refractivity contribution in [3.63, 3.8) is 0 Å². The van der Waals surface area contributed by atoms with E-state index >= 15 is 0 Å². The van der Waals surface area contributed by atoms with Crippen molar-refractivity contribution in [1.82, 2.24) is 9.80 Å². The minimum atomic E-state index is 0.0466. The zero-order valence-corrected chi connectivity index (χ0v) is 17.4. The molecule has 28 heavy (non-hydrogen) atoms. The Morgan fingerprint density at radius 3 is 2.32 bits per heavy atom. The van der Waals surface area contributed by atoms with E-state index in [-0.39, 0.29) is 11.8 Å². The molecule has 2 aromatic rings. The minimum Gasteiger partial charge on any atom is -0.348 e. The molecule has 1 fully saturated rings. The van der Waals surface area contributed by atoms with Crippen molar-refractivity contribution in [2.24, 2.45) is 0 Å². The summed E-state index contributed by atoms with van der Waals surface area (Å²) in [6.07, 6.45) is 0. The minimum absolute atomic E-state index is 0.0466. The second-order valence-corrected chi connectivity index (χ2v) is 8.29. The molecule has 1 heterocycles. The van der Waals surface area contributed by atoms with Crippen LogP contribution in [0.2, 0.25) is 0 Å². The number of rotatable bonds is 6. The number of amides is 2. The molecular formula is C22H28N3O2S+. The Labute approximate surface area is 171 Å². The topological polar surface area (TPSA) is 45.1 Å². The average Bonchev–Trinajstić information content (AvgIpc) is 2.73. The second-order valence-electron chi connectivity index (χ2n) is 7.28. The Morgan fingerprint density at radius 1 is 1.00 bits per heavy atom. The summed E-state index contributed by atoms with van der Waals surface area (Å²) in [5.41, 5.74) is 2.04. The maximum Gasteiger partial charge on any atom is 0.255 e. The molecule has 6 heteroatoms. The largest absolute Gasteiger partial charge is 0.348 e. The van der Waals surface area contributed by atoms with Crippen molar-refractivity contribution in [2.75, 3.05) is 46.0 Å². The van der Waals surface area contributed by atoms with Crippen molar-refractivity contribution in [3.05, 3.63) is 65.7 Å². The Bertz CT molecular complexity index is 802. The number of hydrogen-bond donors (Lipinski definition) is 1. The highest BCUT2D eigenvalue weighted by Gasteiger charge is 2.26. The smallest absolute Gasteiger partial charge is 0.255 e. The summed E-state index contributed by atoms with van der Waals surface area (Å²) in [4.78, 5) is 30.9. The summed E-state index contributed by atoms with van der Waals surface area (Å²) >= 11 is 1.43. The highest BCUT2D eigenvalue weighted by Crippen LogP contribution is 2.24. The van der Waals surface area contributed by atoms with E-state index in [1.165, 1.54) is 22.2 Å². The molecular weight excluding hydrogens is 370 g/mol. The summed E-state index contributed by atoms with van der Waals surface area (Å²) in [7, 11) is 3.49. The molecule has 1 aliphatic rings. The molecule has 1 saturated heterocycles. The standard InChI is InChI=1S/C22H27N3O2S/c1-23(2)21(26)17-28-20-11-7-6-10-19(20)22(27)25-14-12-24(13-15-25)16-18-8-4-3-5-9-18/h3-11H,12-17H2,1-2H3/p+1. The summed E-state index contributed by atoms with van der Waals surface area (Å²) in [6, 6.07) is 18.1. The molecule has 0 aliphatic carbocycles. The van der Waals surface area contributed by atoms with Crippen LogP contribution in [0, 0.1) is 0 Å². The van der Waals surface area contributed by atoms with Crippen molar-refractivity contribution >= 4 is 23.6 Å². The molecule has 0 unspecified atom stereocenters. The van der Waals surface area contributed by atoms with Gasteiger partial charge in [-0.2, -0.15) is 0 Å². The van der Waals surface area contributed by atoms with Gasteiger partial charge in [-0.3, -0.25) is 9.59 Å². The molecule has 0 spiro atoms.